The van der Waals surface area contributed by atoms with Crippen LogP contribution in [0.2, 0.25) is 0 Å². The zero-order valence-corrected chi connectivity index (χ0v) is 21.9. The van der Waals surface area contributed by atoms with Crippen LogP contribution in [0.4, 0.5) is 0 Å². The number of hydrogen-bond donors (Lipinski definition) is 1. The lowest BCUT2D eigenvalue weighted by Gasteiger charge is -2.48. The van der Waals surface area contributed by atoms with Gasteiger partial charge in [0.2, 0.25) is 12.2 Å². The molecule has 198 valence electrons. The fourth-order valence-corrected chi connectivity index (χ4v) is 5.18. The van der Waals surface area contributed by atoms with E-state index < -0.39 is 0 Å². The Hall–Kier alpha value is -3.08. The SMILES string of the molecule is CCCCN1CCN(N2C(Cl)=CC=NC2n2ccnc2)CC1CC(=O)NCc1ccc2c(c1)OCCO2. The van der Waals surface area contributed by atoms with Crippen LogP contribution in [0.5, 0.6) is 11.5 Å². The van der Waals surface area contributed by atoms with E-state index in [1.165, 1.54) is 0 Å². The minimum Gasteiger partial charge on any atom is -0.486 e. The van der Waals surface area contributed by atoms with Crippen molar-refractivity contribution >= 4 is 23.7 Å². The number of halogens is 1. The highest BCUT2D eigenvalue weighted by molar-refractivity contribution is 6.30. The third kappa shape index (κ3) is 6.08. The van der Waals surface area contributed by atoms with Crippen LogP contribution in [0, 0.1) is 0 Å². The molecule has 0 aliphatic carbocycles. The summed E-state index contributed by atoms with van der Waals surface area (Å²) in [6.45, 7) is 7.02. The van der Waals surface area contributed by atoms with E-state index in [9.17, 15) is 4.79 Å². The van der Waals surface area contributed by atoms with Gasteiger partial charge in [-0.15, -0.1) is 0 Å². The lowest BCUT2D eigenvalue weighted by Crippen LogP contribution is -2.59. The minimum absolute atomic E-state index is 0.0210. The van der Waals surface area contributed by atoms with Gasteiger partial charge in [-0.25, -0.2) is 15.0 Å². The van der Waals surface area contributed by atoms with Crippen LogP contribution < -0.4 is 14.8 Å². The van der Waals surface area contributed by atoms with Crippen molar-refractivity contribution in [3.05, 3.63) is 53.7 Å². The Balaban J connectivity index is 1.24. The number of rotatable bonds is 9. The van der Waals surface area contributed by atoms with Gasteiger partial charge in [0.15, 0.2) is 11.5 Å². The van der Waals surface area contributed by atoms with Crippen LogP contribution in [-0.2, 0) is 11.3 Å². The summed E-state index contributed by atoms with van der Waals surface area (Å²) in [7, 11) is 0. The number of carbonyl (C=O) groups is 1. The zero-order valence-electron chi connectivity index (χ0n) is 21.1. The van der Waals surface area contributed by atoms with Crippen molar-refractivity contribution in [2.75, 3.05) is 39.4 Å². The summed E-state index contributed by atoms with van der Waals surface area (Å²) in [6.07, 6.45) is 11.2. The number of unbranched alkanes of at least 4 members (excludes halogenated alkanes) is 1. The van der Waals surface area contributed by atoms with Crippen molar-refractivity contribution in [2.45, 2.75) is 45.1 Å². The Morgan fingerprint density at radius 3 is 2.89 bits per heavy atom. The van der Waals surface area contributed by atoms with Crippen LogP contribution in [-0.4, -0.2) is 82.0 Å². The van der Waals surface area contributed by atoms with Gasteiger partial charge in [0, 0.05) is 57.2 Å². The summed E-state index contributed by atoms with van der Waals surface area (Å²) < 4.78 is 13.2. The van der Waals surface area contributed by atoms with Gasteiger partial charge in [-0.2, -0.15) is 0 Å². The highest BCUT2D eigenvalue weighted by Gasteiger charge is 2.35. The van der Waals surface area contributed by atoms with E-state index in [1.807, 2.05) is 34.0 Å². The summed E-state index contributed by atoms with van der Waals surface area (Å²) in [6, 6.07) is 5.85. The topological polar surface area (TPSA) is 87.5 Å². The average Bonchev–Trinajstić information content (AvgIpc) is 3.46. The van der Waals surface area contributed by atoms with E-state index >= 15 is 0 Å². The molecule has 3 aliphatic rings. The monoisotopic (exact) mass is 527 g/mol. The van der Waals surface area contributed by atoms with Gasteiger partial charge in [0.1, 0.15) is 18.4 Å². The number of nitrogens with one attached hydrogen (secondary N) is 1. The number of fused-ring (bicyclic) bond motifs is 1. The van der Waals surface area contributed by atoms with Gasteiger partial charge in [-0.1, -0.05) is 31.0 Å². The van der Waals surface area contributed by atoms with Gasteiger partial charge >= 0.3 is 0 Å². The van der Waals surface area contributed by atoms with E-state index in [0.29, 0.717) is 37.9 Å². The number of nitrogens with zero attached hydrogens (tertiary/aromatic N) is 6. The van der Waals surface area contributed by atoms with Gasteiger partial charge in [0.25, 0.3) is 0 Å². The first kappa shape index (κ1) is 25.6. The van der Waals surface area contributed by atoms with Crippen LogP contribution in [0.3, 0.4) is 0 Å². The second kappa shape index (κ2) is 12.0. The summed E-state index contributed by atoms with van der Waals surface area (Å²) in [5.41, 5.74) is 0.983. The molecule has 10 nitrogen and oxygen atoms in total. The van der Waals surface area contributed by atoms with E-state index in [4.69, 9.17) is 21.1 Å². The largest absolute Gasteiger partial charge is 0.486 e. The highest BCUT2D eigenvalue weighted by atomic mass is 35.5. The Bertz CT molecular complexity index is 1120. The van der Waals surface area contributed by atoms with Gasteiger partial charge in [-0.3, -0.25) is 19.3 Å². The molecule has 5 rings (SSSR count). The maximum absolute atomic E-state index is 13.1. The van der Waals surface area contributed by atoms with Gasteiger partial charge in [0.05, 0.1) is 6.33 Å². The number of ether oxygens (including phenoxy) is 2. The number of carbonyl (C=O) groups excluding carboxylic acids is 1. The zero-order chi connectivity index (χ0) is 25.6. The first-order valence-electron chi connectivity index (χ1n) is 12.9. The predicted molar refractivity (Wildman–Crippen MR) is 141 cm³/mol. The standard InChI is InChI=1S/C26H34ClN7O3/c1-2-3-9-31-11-12-33(34-24(27)6-7-29-26(34)32-10-8-28-19-32)18-21(31)16-25(35)30-17-20-4-5-22-23(15-20)37-14-13-36-22/h4-8,10,15,19,21,26H,2-3,9,11-14,16-18H2,1H3,(H,30,35). The number of hydrazine groups is 1. The molecule has 1 aromatic carbocycles. The lowest BCUT2D eigenvalue weighted by molar-refractivity contribution is -0.126. The lowest BCUT2D eigenvalue weighted by atomic mass is 10.1. The van der Waals surface area contributed by atoms with Crippen molar-refractivity contribution < 1.29 is 14.3 Å². The third-order valence-electron chi connectivity index (χ3n) is 6.86. The average molecular weight is 528 g/mol. The fraction of sp³-hybridized carbons (Fsp3) is 0.500. The Morgan fingerprint density at radius 2 is 2.08 bits per heavy atom. The summed E-state index contributed by atoms with van der Waals surface area (Å²) in [4.78, 5) is 24.3. The molecule has 1 N–H and O–H groups in total. The molecule has 1 fully saturated rings. The molecule has 4 heterocycles. The quantitative estimate of drug-likeness (QED) is 0.502. The van der Waals surface area contributed by atoms with E-state index in [1.54, 1.807) is 24.8 Å². The van der Waals surface area contributed by atoms with Crippen LogP contribution in [0.25, 0.3) is 0 Å². The molecule has 0 spiro atoms. The molecule has 0 radical (unpaired) electrons. The van der Waals surface area contributed by atoms with Crippen molar-refractivity contribution in [1.29, 1.82) is 0 Å². The fourth-order valence-electron chi connectivity index (χ4n) is 4.93. The van der Waals surface area contributed by atoms with Gasteiger partial charge < -0.3 is 14.8 Å². The number of benzene rings is 1. The molecule has 1 saturated heterocycles. The number of aliphatic imine (C=N–C) groups is 1. The molecule has 2 atom stereocenters. The van der Waals surface area contributed by atoms with Crippen molar-refractivity contribution in [1.82, 2.24) is 29.8 Å². The minimum atomic E-state index is -0.341. The molecule has 0 bridgehead atoms. The molecule has 11 heteroatoms. The van der Waals surface area contributed by atoms with Crippen LogP contribution in [0.15, 0.2) is 53.1 Å². The summed E-state index contributed by atoms with van der Waals surface area (Å²) >= 11 is 6.68. The van der Waals surface area contributed by atoms with E-state index in [0.717, 1.165) is 49.5 Å². The second-order valence-corrected chi connectivity index (χ2v) is 9.79. The molecule has 3 aliphatic heterocycles. The van der Waals surface area contributed by atoms with Crippen molar-refractivity contribution in [2.24, 2.45) is 4.99 Å². The third-order valence-corrected chi connectivity index (χ3v) is 7.16. The highest BCUT2D eigenvalue weighted by Crippen LogP contribution is 2.31. The maximum Gasteiger partial charge on any atom is 0.221 e. The predicted octanol–water partition coefficient (Wildman–Crippen LogP) is 2.98. The smallest absolute Gasteiger partial charge is 0.221 e. The molecule has 1 amide bonds. The molecule has 37 heavy (non-hydrogen) atoms. The molecule has 2 unspecified atom stereocenters. The van der Waals surface area contributed by atoms with Gasteiger partial charge in [-0.05, 0) is 36.7 Å². The number of piperazine rings is 1. The van der Waals surface area contributed by atoms with Crippen molar-refractivity contribution in [3.8, 4) is 11.5 Å². The molecular formula is C26H34ClN7O3. The number of hydrogen-bond acceptors (Lipinski definition) is 8. The number of allylic oxidation sites excluding steroid dienone is 1. The van der Waals surface area contributed by atoms with Crippen LogP contribution in [0.1, 0.15) is 38.0 Å². The maximum atomic E-state index is 13.1. The first-order valence-corrected chi connectivity index (χ1v) is 13.3. The Morgan fingerprint density at radius 1 is 1.22 bits per heavy atom. The van der Waals surface area contributed by atoms with Crippen LogP contribution >= 0.6 is 11.6 Å². The number of aromatic nitrogens is 2. The summed E-state index contributed by atoms with van der Waals surface area (Å²) in [5, 5.41) is 7.90. The normalized spacial score (nSPS) is 22.1. The van der Waals surface area contributed by atoms with Crippen molar-refractivity contribution in [3.63, 3.8) is 0 Å². The second-order valence-electron chi connectivity index (χ2n) is 9.40. The molecular weight excluding hydrogens is 494 g/mol. The molecule has 0 saturated carbocycles. The van der Waals surface area contributed by atoms with E-state index in [2.05, 4.69) is 32.1 Å². The van der Waals surface area contributed by atoms with E-state index in [-0.39, 0.29) is 18.2 Å². The molecule has 1 aromatic heterocycles. The Labute approximate surface area is 222 Å². The summed E-state index contributed by atoms with van der Waals surface area (Å²) in [5.74, 6) is 1.50. The Kier molecular flexibility index (Phi) is 8.28. The number of imidazole rings is 1. The molecule has 2 aromatic rings. The first-order chi connectivity index (χ1) is 18.1. The number of amides is 1.